The van der Waals surface area contributed by atoms with E-state index in [1.165, 1.54) is 6.07 Å². The van der Waals surface area contributed by atoms with E-state index < -0.39 is 16.0 Å². The Morgan fingerprint density at radius 2 is 2.29 bits per heavy atom. The van der Waals surface area contributed by atoms with Crippen molar-refractivity contribution in [1.29, 1.82) is 0 Å². The number of thiophene rings is 1. The number of hydrogen-bond acceptors (Lipinski definition) is 4. The average Bonchev–Trinajstić information content (AvgIpc) is 2.77. The molecular formula is C10H15NO4S2. The molecule has 0 radical (unpaired) electrons. The molecule has 0 fully saturated rings. The molecule has 0 aliphatic carbocycles. The van der Waals surface area contributed by atoms with Gasteiger partial charge in [-0.1, -0.05) is 13.0 Å². The summed E-state index contributed by atoms with van der Waals surface area (Å²) in [6.07, 6.45) is 0.518. The zero-order valence-electron chi connectivity index (χ0n) is 9.42. The monoisotopic (exact) mass is 277 g/mol. The molecule has 5 nitrogen and oxygen atoms in total. The molecule has 1 aromatic heterocycles. The van der Waals surface area contributed by atoms with Gasteiger partial charge in [0.1, 0.15) is 4.21 Å². The molecule has 0 bridgehead atoms. The molecule has 1 rings (SSSR count). The lowest BCUT2D eigenvalue weighted by atomic mass is 10.1. The highest BCUT2D eigenvalue weighted by Gasteiger charge is 2.16. The van der Waals surface area contributed by atoms with Crippen molar-refractivity contribution in [2.75, 3.05) is 6.54 Å². The topological polar surface area (TPSA) is 83.5 Å². The predicted molar refractivity (Wildman–Crippen MR) is 65.5 cm³/mol. The van der Waals surface area contributed by atoms with Gasteiger partial charge in [0.05, 0.1) is 0 Å². The second kappa shape index (κ2) is 6.13. The van der Waals surface area contributed by atoms with Gasteiger partial charge in [0.15, 0.2) is 0 Å². The van der Waals surface area contributed by atoms with Gasteiger partial charge in [0.2, 0.25) is 10.0 Å². The summed E-state index contributed by atoms with van der Waals surface area (Å²) >= 11 is 1.16. The number of nitrogens with one attached hydrogen (secondary N) is 1. The van der Waals surface area contributed by atoms with Crippen LogP contribution in [0.4, 0.5) is 0 Å². The Labute approximate surface area is 105 Å². The molecule has 2 N–H and O–H groups in total. The molecule has 0 saturated carbocycles. The SMILES string of the molecule is CC(CCC(=O)O)CNS(=O)(=O)c1cccs1. The molecule has 0 aromatic carbocycles. The second-order valence-corrected chi connectivity index (χ2v) is 6.76. The fourth-order valence-corrected chi connectivity index (χ4v) is 3.41. The van der Waals surface area contributed by atoms with Crippen LogP contribution in [0, 0.1) is 5.92 Å². The van der Waals surface area contributed by atoms with Gasteiger partial charge in [-0.2, -0.15) is 0 Å². The second-order valence-electron chi connectivity index (χ2n) is 3.82. The maximum absolute atomic E-state index is 11.7. The molecule has 96 valence electrons. The predicted octanol–water partition coefficient (Wildman–Crippen LogP) is 1.53. The first-order chi connectivity index (χ1) is 7.92. The fourth-order valence-electron chi connectivity index (χ4n) is 1.21. The fraction of sp³-hybridized carbons (Fsp3) is 0.500. The Hall–Kier alpha value is -0.920. The van der Waals surface area contributed by atoms with Crippen LogP contribution >= 0.6 is 11.3 Å². The average molecular weight is 277 g/mol. The van der Waals surface area contributed by atoms with Crippen molar-refractivity contribution in [3.8, 4) is 0 Å². The summed E-state index contributed by atoms with van der Waals surface area (Å²) in [6, 6.07) is 3.21. The largest absolute Gasteiger partial charge is 0.481 e. The molecule has 0 aliphatic rings. The molecule has 0 spiro atoms. The first-order valence-electron chi connectivity index (χ1n) is 5.17. The number of aliphatic carboxylic acids is 1. The van der Waals surface area contributed by atoms with Crippen molar-refractivity contribution < 1.29 is 18.3 Å². The lowest BCUT2D eigenvalue weighted by molar-refractivity contribution is -0.137. The molecular weight excluding hydrogens is 262 g/mol. The van der Waals surface area contributed by atoms with Crippen LogP contribution in [0.2, 0.25) is 0 Å². The van der Waals surface area contributed by atoms with Gasteiger partial charge in [-0.05, 0) is 23.8 Å². The Balaban J connectivity index is 2.43. The van der Waals surface area contributed by atoms with Crippen molar-refractivity contribution in [2.45, 2.75) is 24.0 Å². The van der Waals surface area contributed by atoms with Crippen molar-refractivity contribution in [3.05, 3.63) is 17.5 Å². The number of carboxylic acid groups (broad SMARTS) is 1. The molecule has 1 atom stereocenters. The minimum Gasteiger partial charge on any atom is -0.481 e. The first-order valence-corrected chi connectivity index (χ1v) is 7.53. The number of hydrogen-bond donors (Lipinski definition) is 2. The molecule has 0 saturated heterocycles. The van der Waals surface area contributed by atoms with E-state index in [9.17, 15) is 13.2 Å². The third kappa shape index (κ3) is 4.84. The van der Waals surface area contributed by atoms with Gasteiger partial charge in [0.25, 0.3) is 0 Å². The summed E-state index contributed by atoms with van der Waals surface area (Å²) in [4.78, 5) is 10.4. The Morgan fingerprint density at radius 3 is 2.82 bits per heavy atom. The van der Waals surface area contributed by atoms with Crippen LogP contribution in [0.3, 0.4) is 0 Å². The minimum absolute atomic E-state index is 0.000775. The highest BCUT2D eigenvalue weighted by atomic mass is 32.2. The Bertz CT molecular complexity index is 453. The molecule has 1 unspecified atom stereocenters. The van der Waals surface area contributed by atoms with Crippen LogP contribution in [0.5, 0.6) is 0 Å². The Morgan fingerprint density at radius 1 is 1.59 bits per heavy atom. The number of carboxylic acids is 1. The van der Waals surface area contributed by atoms with Gasteiger partial charge in [0, 0.05) is 13.0 Å². The third-order valence-corrected chi connectivity index (χ3v) is 5.05. The maximum atomic E-state index is 11.7. The minimum atomic E-state index is -3.43. The number of carbonyl (C=O) groups is 1. The molecule has 7 heteroatoms. The molecule has 1 aromatic rings. The number of sulfonamides is 1. The molecule has 17 heavy (non-hydrogen) atoms. The molecule has 0 amide bonds. The third-order valence-electron chi connectivity index (χ3n) is 2.23. The van der Waals surface area contributed by atoms with E-state index in [1.807, 2.05) is 6.92 Å². The number of rotatable bonds is 7. The lowest BCUT2D eigenvalue weighted by Crippen LogP contribution is -2.28. The van der Waals surface area contributed by atoms with Gasteiger partial charge in [-0.15, -0.1) is 11.3 Å². The van der Waals surface area contributed by atoms with Crippen LogP contribution in [0.1, 0.15) is 19.8 Å². The highest BCUT2D eigenvalue weighted by Crippen LogP contribution is 2.15. The maximum Gasteiger partial charge on any atom is 0.303 e. The van der Waals surface area contributed by atoms with E-state index in [4.69, 9.17) is 5.11 Å². The standard InChI is InChI=1S/C10H15NO4S2/c1-8(4-5-9(12)13)7-11-17(14,15)10-3-2-6-16-10/h2-3,6,8,11H,4-5,7H2,1H3,(H,12,13). The summed E-state index contributed by atoms with van der Waals surface area (Å²) in [5.74, 6) is -0.862. The summed E-state index contributed by atoms with van der Waals surface area (Å²) in [7, 11) is -3.43. The first kappa shape index (κ1) is 14.1. The van der Waals surface area contributed by atoms with E-state index in [0.717, 1.165) is 11.3 Å². The quantitative estimate of drug-likeness (QED) is 0.791. The van der Waals surface area contributed by atoms with E-state index in [1.54, 1.807) is 11.4 Å². The summed E-state index contributed by atoms with van der Waals surface area (Å²) < 4.78 is 26.2. The zero-order valence-corrected chi connectivity index (χ0v) is 11.1. The van der Waals surface area contributed by atoms with E-state index in [0.29, 0.717) is 6.42 Å². The van der Waals surface area contributed by atoms with E-state index in [2.05, 4.69) is 4.72 Å². The normalized spacial score (nSPS) is 13.5. The van der Waals surface area contributed by atoms with E-state index >= 15 is 0 Å². The zero-order chi connectivity index (χ0) is 12.9. The summed E-state index contributed by atoms with van der Waals surface area (Å²) in [5.41, 5.74) is 0. The van der Waals surface area contributed by atoms with Crippen LogP contribution in [0.15, 0.2) is 21.7 Å². The van der Waals surface area contributed by atoms with Crippen molar-refractivity contribution in [3.63, 3.8) is 0 Å². The van der Waals surface area contributed by atoms with Crippen molar-refractivity contribution in [2.24, 2.45) is 5.92 Å². The van der Waals surface area contributed by atoms with Crippen LogP contribution in [-0.4, -0.2) is 26.0 Å². The smallest absolute Gasteiger partial charge is 0.303 e. The summed E-state index contributed by atoms with van der Waals surface area (Å²) in [6.45, 7) is 2.08. The molecule has 1 heterocycles. The highest BCUT2D eigenvalue weighted by molar-refractivity contribution is 7.91. The Kier molecular flexibility index (Phi) is 5.10. The van der Waals surface area contributed by atoms with Crippen molar-refractivity contribution >= 4 is 27.3 Å². The lowest BCUT2D eigenvalue weighted by Gasteiger charge is -2.10. The van der Waals surface area contributed by atoms with Crippen LogP contribution in [0.25, 0.3) is 0 Å². The van der Waals surface area contributed by atoms with Crippen LogP contribution < -0.4 is 4.72 Å². The van der Waals surface area contributed by atoms with Crippen molar-refractivity contribution in [1.82, 2.24) is 4.72 Å². The summed E-state index contributed by atoms with van der Waals surface area (Å²) in [5, 5.41) is 10.2. The van der Waals surface area contributed by atoms with Gasteiger partial charge < -0.3 is 5.11 Å². The molecule has 0 aliphatic heterocycles. The van der Waals surface area contributed by atoms with Gasteiger partial charge in [-0.25, -0.2) is 13.1 Å². The van der Waals surface area contributed by atoms with Crippen LogP contribution in [-0.2, 0) is 14.8 Å². The van der Waals surface area contributed by atoms with Gasteiger partial charge in [-0.3, -0.25) is 4.79 Å². The van der Waals surface area contributed by atoms with E-state index in [-0.39, 0.29) is 23.1 Å². The van der Waals surface area contributed by atoms with Gasteiger partial charge >= 0.3 is 5.97 Å².